The Kier molecular flexibility index (Phi) is 2.60. The smallest absolute Gasteiger partial charge is 0.198 e. The maximum absolute atomic E-state index is 5.85. The van der Waals surface area contributed by atoms with E-state index in [2.05, 4.69) is 36.5 Å². The van der Waals surface area contributed by atoms with Crippen LogP contribution in [0.5, 0.6) is 0 Å². The van der Waals surface area contributed by atoms with Crippen LogP contribution in [0.4, 0.5) is 5.82 Å². The molecule has 0 aliphatic rings. The molecule has 0 fully saturated rings. The third-order valence-corrected chi connectivity index (χ3v) is 2.97. The zero-order valence-electron chi connectivity index (χ0n) is 9.09. The average Bonchev–Trinajstić information content (AvgIpc) is 2.97. The molecule has 0 atom stereocenters. The van der Waals surface area contributed by atoms with Gasteiger partial charge in [-0.2, -0.15) is 15.4 Å². The number of aromatic amines is 1. The molecule has 0 aliphatic carbocycles. The minimum absolute atomic E-state index is 0.325. The molecule has 2 aromatic heterocycles. The number of anilines is 1. The van der Waals surface area contributed by atoms with Crippen molar-refractivity contribution < 1.29 is 4.52 Å². The van der Waals surface area contributed by atoms with Crippen molar-refractivity contribution in [3.05, 3.63) is 34.9 Å². The number of halogens is 1. The van der Waals surface area contributed by atoms with Crippen LogP contribution in [0.15, 0.2) is 39.5 Å². The number of nitrogens with two attached hydrogens (primary N) is 1. The van der Waals surface area contributed by atoms with Crippen molar-refractivity contribution in [2.45, 2.75) is 0 Å². The van der Waals surface area contributed by atoms with Gasteiger partial charge in [0.2, 0.25) is 0 Å². The van der Waals surface area contributed by atoms with Crippen LogP contribution in [0.25, 0.3) is 22.6 Å². The Labute approximate surface area is 110 Å². The van der Waals surface area contributed by atoms with E-state index < -0.39 is 0 Å². The fourth-order valence-corrected chi connectivity index (χ4v) is 2.11. The number of hydrogen-bond donors (Lipinski definition) is 2. The van der Waals surface area contributed by atoms with Crippen LogP contribution in [0.2, 0.25) is 0 Å². The van der Waals surface area contributed by atoms with Gasteiger partial charge in [-0.15, -0.1) is 0 Å². The summed E-state index contributed by atoms with van der Waals surface area (Å²) in [7, 11) is 0. The van der Waals surface area contributed by atoms with Gasteiger partial charge in [0, 0.05) is 4.47 Å². The number of nitrogens with one attached hydrogen (secondary N) is 1. The van der Waals surface area contributed by atoms with Crippen molar-refractivity contribution in [2.24, 2.45) is 0 Å². The fraction of sp³-hybridized carbons (Fsp3) is 0. The molecule has 1 aromatic carbocycles. The zero-order chi connectivity index (χ0) is 12.5. The van der Waals surface area contributed by atoms with Crippen molar-refractivity contribution in [3.63, 3.8) is 0 Å². The molecule has 3 aromatic rings. The van der Waals surface area contributed by atoms with E-state index in [1.807, 2.05) is 24.3 Å². The van der Waals surface area contributed by atoms with Gasteiger partial charge in [-0.25, -0.2) is 0 Å². The highest BCUT2D eigenvalue weighted by Gasteiger charge is 2.19. The molecule has 0 unspecified atom stereocenters. The average molecular weight is 306 g/mol. The monoisotopic (exact) mass is 305 g/mol. The third kappa shape index (κ3) is 1.78. The first-order chi connectivity index (χ1) is 8.75. The molecule has 0 radical (unpaired) electrons. The summed E-state index contributed by atoms with van der Waals surface area (Å²) in [6.07, 6.45) is 1.56. The summed E-state index contributed by atoms with van der Waals surface area (Å²) in [6, 6.07) is 7.71. The topological polar surface area (TPSA) is 93.6 Å². The number of aromatic nitrogens is 4. The van der Waals surface area contributed by atoms with Gasteiger partial charge in [0.15, 0.2) is 17.3 Å². The molecule has 0 spiro atoms. The van der Waals surface area contributed by atoms with Gasteiger partial charge in [0.1, 0.15) is 0 Å². The van der Waals surface area contributed by atoms with E-state index in [0.29, 0.717) is 22.8 Å². The predicted octanol–water partition coefficient (Wildman–Crippen LogP) is 2.47. The molecule has 2 heterocycles. The Balaban J connectivity index is 2.20. The number of nitrogen functional groups attached to an aromatic ring is 1. The first-order valence-corrected chi connectivity index (χ1v) is 5.92. The second-order valence-electron chi connectivity index (χ2n) is 3.64. The first-order valence-electron chi connectivity index (χ1n) is 5.13. The lowest BCUT2D eigenvalue weighted by Gasteiger charge is -2.01. The van der Waals surface area contributed by atoms with Crippen LogP contribution in [0.1, 0.15) is 0 Å². The van der Waals surface area contributed by atoms with Crippen molar-refractivity contribution in [1.29, 1.82) is 0 Å². The molecule has 0 bridgehead atoms. The molecule has 3 N–H and O–H groups in total. The second-order valence-corrected chi connectivity index (χ2v) is 4.55. The number of H-pyrrole nitrogens is 1. The Hall–Kier alpha value is -2.15. The van der Waals surface area contributed by atoms with E-state index >= 15 is 0 Å². The van der Waals surface area contributed by atoms with Crippen LogP contribution in [0.3, 0.4) is 0 Å². The van der Waals surface area contributed by atoms with Crippen molar-refractivity contribution in [2.75, 3.05) is 5.73 Å². The quantitative estimate of drug-likeness (QED) is 0.758. The van der Waals surface area contributed by atoms with Gasteiger partial charge >= 0.3 is 0 Å². The lowest BCUT2D eigenvalue weighted by atomic mass is 10.0. The maximum Gasteiger partial charge on any atom is 0.198 e. The highest BCUT2D eigenvalue weighted by atomic mass is 79.9. The first kappa shape index (κ1) is 11.0. The summed E-state index contributed by atoms with van der Waals surface area (Å²) < 4.78 is 6.17. The molecule has 90 valence electrons. The van der Waals surface area contributed by atoms with Gasteiger partial charge in [-0.1, -0.05) is 33.2 Å². The summed E-state index contributed by atoms with van der Waals surface area (Å²) in [5.74, 6) is 0.824. The van der Waals surface area contributed by atoms with Crippen LogP contribution < -0.4 is 5.73 Å². The Morgan fingerprint density at radius 3 is 2.94 bits per heavy atom. The van der Waals surface area contributed by atoms with Crippen molar-refractivity contribution in [3.8, 4) is 22.6 Å². The van der Waals surface area contributed by atoms with E-state index in [0.717, 1.165) is 10.0 Å². The van der Waals surface area contributed by atoms with E-state index in [9.17, 15) is 0 Å². The van der Waals surface area contributed by atoms with Crippen LogP contribution in [-0.4, -0.2) is 20.6 Å². The molecule has 0 amide bonds. The van der Waals surface area contributed by atoms with Crippen LogP contribution in [-0.2, 0) is 0 Å². The molecule has 6 nitrogen and oxygen atoms in total. The maximum atomic E-state index is 5.85. The third-order valence-electron chi connectivity index (χ3n) is 2.48. The summed E-state index contributed by atoms with van der Waals surface area (Å²) in [6.45, 7) is 0. The zero-order valence-corrected chi connectivity index (χ0v) is 10.7. The van der Waals surface area contributed by atoms with E-state index in [4.69, 9.17) is 10.3 Å². The van der Waals surface area contributed by atoms with Gasteiger partial charge in [0.25, 0.3) is 0 Å². The van der Waals surface area contributed by atoms with Gasteiger partial charge in [-0.05, 0) is 17.7 Å². The molecule has 0 saturated heterocycles. The van der Waals surface area contributed by atoms with Crippen molar-refractivity contribution in [1.82, 2.24) is 20.6 Å². The summed E-state index contributed by atoms with van der Waals surface area (Å²) in [5.41, 5.74) is 8.03. The normalized spacial score (nSPS) is 10.7. The number of rotatable bonds is 2. The molecule has 3 rings (SSSR count). The Morgan fingerprint density at radius 1 is 1.33 bits per heavy atom. The largest absolute Gasteiger partial charge is 0.380 e. The lowest BCUT2D eigenvalue weighted by Crippen LogP contribution is -1.89. The summed E-state index contributed by atoms with van der Waals surface area (Å²) >= 11 is 3.42. The van der Waals surface area contributed by atoms with Gasteiger partial charge in [0.05, 0.1) is 11.8 Å². The fourth-order valence-electron chi connectivity index (χ4n) is 1.71. The Bertz CT molecular complexity index is 677. The van der Waals surface area contributed by atoms with Gasteiger partial charge < -0.3 is 10.3 Å². The minimum atomic E-state index is 0.325. The predicted molar refractivity (Wildman–Crippen MR) is 69.4 cm³/mol. The van der Waals surface area contributed by atoms with Crippen molar-refractivity contribution >= 4 is 21.7 Å². The molecule has 0 aliphatic heterocycles. The number of benzene rings is 1. The standard InChI is InChI=1S/C11H8BrN5O/c12-7-3-1-2-6(4-7)9-10(18-16-11(9)13)8-5-14-17-15-8/h1-5H,(H2,13,16)(H,14,15,17). The summed E-state index contributed by atoms with van der Waals surface area (Å²) in [4.78, 5) is 0. The van der Waals surface area contributed by atoms with Crippen LogP contribution >= 0.6 is 15.9 Å². The minimum Gasteiger partial charge on any atom is -0.380 e. The molecule has 0 saturated carbocycles. The Morgan fingerprint density at radius 2 is 2.22 bits per heavy atom. The molecular weight excluding hydrogens is 298 g/mol. The highest BCUT2D eigenvalue weighted by Crippen LogP contribution is 2.36. The molecule has 18 heavy (non-hydrogen) atoms. The SMILES string of the molecule is Nc1noc(-c2cn[nH]n2)c1-c1cccc(Br)c1. The second kappa shape index (κ2) is 4.26. The lowest BCUT2D eigenvalue weighted by molar-refractivity contribution is 0.434. The van der Waals surface area contributed by atoms with E-state index in [1.54, 1.807) is 6.20 Å². The highest BCUT2D eigenvalue weighted by molar-refractivity contribution is 9.10. The van der Waals surface area contributed by atoms with E-state index in [1.165, 1.54) is 0 Å². The number of nitrogens with zero attached hydrogens (tertiary/aromatic N) is 3. The van der Waals surface area contributed by atoms with Crippen LogP contribution in [0, 0.1) is 0 Å². The summed E-state index contributed by atoms with van der Waals surface area (Å²) in [5, 5.41) is 14.0. The van der Waals surface area contributed by atoms with Gasteiger partial charge in [-0.3, -0.25) is 0 Å². The molecular formula is C11H8BrN5O. The molecule has 7 heteroatoms. The number of hydrogen-bond acceptors (Lipinski definition) is 5. The van der Waals surface area contributed by atoms with E-state index in [-0.39, 0.29) is 0 Å².